The fourth-order valence-electron chi connectivity index (χ4n) is 2.70. The molecule has 116 valence electrons. The predicted molar refractivity (Wildman–Crippen MR) is 80.9 cm³/mol. The number of anilines is 1. The van der Waals surface area contributed by atoms with Crippen LogP contribution in [0.4, 0.5) is 10.1 Å². The highest BCUT2D eigenvalue weighted by atomic mass is 19.1. The van der Waals surface area contributed by atoms with Gasteiger partial charge in [-0.05, 0) is 45.2 Å². The second-order valence-corrected chi connectivity index (χ2v) is 5.84. The summed E-state index contributed by atoms with van der Waals surface area (Å²) in [6.45, 7) is 5.30. The van der Waals surface area contributed by atoms with Gasteiger partial charge < -0.3 is 15.3 Å². The number of benzene rings is 1. The number of carbonyl (C=O) groups excluding carboxylic acids is 1. The third kappa shape index (κ3) is 3.73. The van der Waals surface area contributed by atoms with Crippen LogP contribution in [-0.4, -0.2) is 41.1 Å². The lowest BCUT2D eigenvalue weighted by Gasteiger charge is -2.23. The number of aliphatic hydroxyl groups is 1. The first-order valence-electron chi connectivity index (χ1n) is 7.48. The number of nitrogens with zero attached hydrogens (tertiary/aromatic N) is 1. The van der Waals surface area contributed by atoms with Gasteiger partial charge in [0, 0.05) is 19.6 Å². The topological polar surface area (TPSA) is 52.6 Å². The molecule has 1 unspecified atom stereocenters. The van der Waals surface area contributed by atoms with E-state index >= 15 is 0 Å². The molecule has 0 spiro atoms. The summed E-state index contributed by atoms with van der Waals surface area (Å²) in [4.78, 5) is 14.4. The molecule has 0 aromatic heterocycles. The fraction of sp³-hybridized carbons (Fsp3) is 0.562. The van der Waals surface area contributed by atoms with Crippen molar-refractivity contribution < 1.29 is 14.3 Å². The zero-order valence-corrected chi connectivity index (χ0v) is 12.7. The molecule has 5 heteroatoms. The number of amides is 1. The van der Waals surface area contributed by atoms with E-state index in [-0.39, 0.29) is 11.6 Å². The van der Waals surface area contributed by atoms with Gasteiger partial charge in [0.1, 0.15) is 5.82 Å². The van der Waals surface area contributed by atoms with Crippen molar-refractivity contribution in [3.05, 3.63) is 29.6 Å². The summed E-state index contributed by atoms with van der Waals surface area (Å²) in [7, 11) is 0. The Hall–Kier alpha value is -1.62. The Balaban J connectivity index is 2.22. The molecule has 1 atom stereocenters. The van der Waals surface area contributed by atoms with Gasteiger partial charge in [0.25, 0.3) is 5.91 Å². The maximum Gasteiger partial charge on any atom is 0.256 e. The van der Waals surface area contributed by atoms with Gasteiger partial charge in [0.05, 0.1) is 16.9 Å². The number of nitrogens with one attached hydrogen (secondary N) is 1. The van der Waals surface area contributed by atoms with Gasteiger partial charge in [-0.3, -0.25) is 4.79 Å². The number of rotatable bonds is 3. The zero-order chi connectivity index (χ0) is 15.5. The van der Waals surface area contributed by atoms with Crippen LogP contribution in [0.5, 0.6) is 0 Å². The summed E-state index contributed by atoms with van der Waals surface area (Å²) in [6, 6.07) is 4.55. The van der Waals surface area contributed by atoms with Crippen LogP contribution >= 0.6 is 0 Å². The first-order chi connectivity index (χ1) is 9.94. The van der Waals surface area contributed by atoms with Crippen molar-refractivity contribution in [1.29, 1.82) is 0 Å². The second-order valence-electron chi connectivity index (χ2n) is 5.84. The summed E-state index contributed by atoms with van der Waals surface area (Å²) in [5, 5.41) is 13.0. The molecule has 1 aromatic rings. The smallest absolute Gasteiger partial charge is 0.256 e. The molecule has 0 radical (unpaired) electrons. The highest BCUT2D eigenvalue weighted by Gasteiger charge is 2.28. The number of hydrogen-bond donors (Lipinski definition) is 2. The lowest BCUT2D eigenvalue weighted by Crippen LogP contribution is -2.34. The van der Waals surface area contributed by atoms with Crippen LogP contribution < -0.4 is 5.32 Å². The van der Waals surface area contributed by atoms with E-state index in [1.165, 1.54) is 6.07 Å². The minimum absolute atomic E-state index is 0.178. The molecule has 1 saturated heterocycles. The van der Waals surface area contributed by atoms with Crippen LogP contribution in [0.1, 0.15) is 43.5 Å². The molecule has 2 rings (SSSR count). The predicted octanol–water partition coefficient (Wildman–Crippen LogP) is 2.63. The first-order valence-corrected chi connectivity index (χ1v) is 7.48. The van der Waals surface area contributed by atoms with Gasteiger partial charge in [-0.2, -0.15) is 0 Å². The maximum absolute atomic E-state index is 13.9. The van der Waals surface area contributed by atoms with Crippen LogP contribution in [0.3, 0.4) is 0 Å². The van der Waals surface area contributed by atoms with Crippen molar-refractivity contribution in [3.8, 4) is 0 Å². The molecule has 2 N–H and O–H groups in total. The van der Waals surface area contributed by atoms with Crippen molar-refractivity contribution in [1.82, 2.24) is 4.90 Å². The third-order valence-electron chi connectivity index (χ3n) is 3.95. The van der Waals surface area contributed by atoms with E-state index in [4.69, 9.17) is 0 Å². The van der Waals surface area contributed by atoms with Gasteiger partial charge in [-0.25, -0.2) is 4.39 Å². The standard InChI is InChI=1S/C16H23FN2O2/c1-3-18-14-12(6-4-7-13(14)17)15(20)19-10-5-8-16(2,21)9-11-19/h4,6-7,18,21H,3,5,8-11H2,1-2H3. The normalized spacial score (nSPS) is 22.8. The Morgan fingerprint density at radius 1 is 1.43 bits per heavy atom. The molecule has 1 aliphatic rings. The van der Waals surface area contributed by atoms with Crippen molar-refractivity contribution in [2.24, 2.45) is 0 Å². The first kappa shape index (κ1) is 15.8. The van der Waals surface area contributed by atoms with Gasteiger partial charge >= 0.3 is 0 Å². The summed E-state index contributed by atoms with van der Waals surface area (Å²) in [6.07, 6.45) is 1.98. The van der Waals surface area contributed by atoms with Gasteiger partial charge in [-0.1, -0.05) is 6.07 Å². The van der Waals surface area contributed by atoms with Crippen LogP contribution in [-0.2, 0) is 0 Å². The van der Waals surface area contributed by atoms with E-state index in [0.717, 1.165) is 6.42 Å². The van der Waals surface area contributed by atoms with Crippen molar-refractivity contribution in [3.63, 3.8) is 0 Å². The lowest BCUT2D eigenvalue weighted by atomic mass is 9.98. The number of para-hydroxylation sites is 1. The zero-order valence-electron chi connectivity index (χ0n) is 12.7. The van der Waals surface area contributed by atoms with E-state index in [1.54, 1.807) is 24.0 Å². The minimum Gasteiger partial charge on any atom is -0.390 e. The Morgan fingerprint density at radius 2 is 2.19 bits per heavy atom. The highest BCUT2D eigenvalue weighted by molar-refractivity contribution is 5.99. The molecule has 0 saturated carbocycles. The largest absolute Gasteiger partial charge is 0.390 e. The highest BCUT2D eigenvalue weighted by Crippen LogP contribution is 2.25. The van der Waals surface area contributed by atoms with Crippen molar-refractivity contribution in [2.75, 3.05) is 25.0 Å². The maximum atomic E-state index is 13.9. The minimum atomic E-state index is -0.721. The Kier molecular flexibility index (Phi) is 4.83. The van der Waals surface area contributed by atoms with E-state index in [9.17, 15) is 14.3 Å². The molecule has 1 aromatic carbocycles. The fourth-order valence-corrected chi connectivity index (χ4v) is 2.70. The monoisotopic (exact) mass is 294 g/mol. The van der Waals surface area contributed by atoms with Gasteiger partial charge in [0.2, 0.25) is 0 Å². The number of likely N-dealkylation sites (tertiary alicyclic amines) is 1. The lowest BCUT2D eigenvalue weighted by molar-refractivity contribution is 0.0438. The molecule has 1 heterocycles. The Labute approximate surface area is 125 Å². The number of hydrogen-bond acceptors (Lipinski definition) is 3. The molecule has 21 heavy (non-hydrogen) atoms. The van der Waals surface area contributed by atoms with Gasteiger partial charge in [-0.15, -0.1) is 0 Å². The summed E-state index contributed by atoms with van der Waals surface area (Å²) >= 11 is 0. The molecule has 1 fully saturated rings. The van der Waals surface area contributed by atoms with Crippen molar-refractivity contribution >= 4 is 11.6 Å². The molecule has 1 amide bonds. The van der Waals surface area contributed by atoms with Crippen LogP contribution in [0.15, 0.2) is 18.2 Å². The summed E-state index contributed by atoms with van der Waals surface area (Å²) < 4.78 is 13.9. The van der Waals surface area contributed by atoms with E-state index in [1.807, 2.05) is 6.92 Å². The summed E-state index contributed by atoms with van der Waals surface area (Å²) in [5.41, 5.74) is -0.0963. The van der Waals surface area contributed by atoms with Crippen LogP contribution in [0.25, 0.3) is 0 Å². The molecule has 4 nitrogen and oxygen atoms in total. The average molecular weight is 294 g/mol. The molecular formula is C16H23FN2O2. The van der Waals surface area contributed by atoms with Crippen LogP contribution in [0.2, 0.25) is 0 Å². The third-order valence-corrected chi connectivity index (χ3v) is 3.95. The van der Waals surface area contributed by atoms with Crippen molar-refractivity contribution in [2.45, 2.75) is 38.7 Å². The SMILES string of the molecule is CCNc1c(F)cccc1C(=O)N1CCCC(C)(O)CC1. The molecule has 0 aliphatic carbocycles. The number of halogens is 1. The summed E-state index contributed by atoms with van der Waals surface area (Å²) in [5.74, 6) is -0.590. The van der Waals surface area contributed by atoms with Gasteiger partial charge in [0.15, 0.2) is 0 Å². The van der Waals surface area contributed by atoms with Crippen LogP contribution in [0, 0.1) is 5.82 Å². The Morgan fingerprint density at radius 3 is 2.90 bits per heavy atom. The molecule has 0 bridgehead atoms. The van der Waals surface area contributed by atoms with E-state index in [2.05, 4.69) is 5.32 Å². The number of carbonyl (C=O) groups is 1. The van der Waals surface area contributed by atoms with E-state index < -0.39 is 11.4 Å². The van der Waals surface area contributed by atoms with E-state index in [0.29, 0.717) is 38.0 Å². The molecule has 1 aliphatic heterocycles. The quantitative estimate of drug-likeness (QED) is 0.901. The Bertz CT molecular complexity index is 517. The second kappa shape index (κ2) is 6.43. The average Bonchev–Trinajstić information content (AvgIpc) is 2.61. The molecular weight excluding hydrogens is 271 g/mol.